The summed E-state index contributed by atoms with van der Waals surface area (Å²) in [6.07, 6.45) is 1.54. The third kappa shape index (κ3) is 1.40. The lowest BCUT2D eigenvalue weighted by atomic mass is 9.94. The van der Waals surface area contributed by atoms with Crippen molar-refractivity contribution in [1.82, 2.24) is 0 Å². The largest absolute Gasteiger partial charge is 0.464 e. The monoisotopic (exact) mass is 193 g/mol. The number of benzene rings is 1. The third-order valence-electron chi connectivity index (χ3n) is 2.21. The van der Waals surface area contributed by atoms with E-state index in [4.69, 9.17) is 10.2 Å². The van der Waals surface area contributed by atoms with Crippen LogP contribution in [0.5, 0.6) is 0 Å². The zero-order valence-corrected chi connectivity index (χ0v) is 8.17. The summed E-state index contributed by atoms with van der Waals surface area (Å²) < 4.78 is 18.5. The molecule has 0 saturated carbocycles. The third-order valence-corrected chi connectivity index (χ3v) is 2.21. The van der Waals surface area contributed by atoms with Gasteiger partial charge in [-0.2, -0.15) is 0 Å². The van der Waals surface area contributed by atoms with E-state index in [1.54, 1.807) is 12.3 Å². The molecule has 74 valence electrons. The van der Waals surface area contributed by atoms with E-state index in [0.29, 0.717) is 11.1 Å². The highest BCUT2D eigenvalue weighted by Crippen LogP contribution is 2.28. The quantitative estimate of drug-likeness (QED) is 0.756. The van der Waals surface area contributed by atoms with E-state index in [0.717, 1.165) is 5.39 Å². The topological polar surface area (TPSA) is 39.2 Å². The number of fused-ring (bicyclic) bond motifs is 1. The molecule has 0 bridgehead atoms. The van der Waals surface area contributed by atoms with Crippen molar-refractivity contribution in [2.75, 3.05) is 0 Å². The molecule has 0 aliphatic carbocycles. The second kappa shape index (κ2) is 2.82. The van der Waals surface area contributed by atoms with Gasteiger partial charge in [0.2, 0.25) is 0 Å². The Hall–Kier alpha value is -1.35. The van der Waals surface area contributed by atoms with Crippen LogP contribution < -0.4 is 5.73 Å². The molecule has 0 fully saturated rings. The molecule has 0 radical (unpaired) electrons. The summed E-state index contributed by atoms with van der Waals surface area (Å²) in [4.78, 5) is 0. The van der Waals surface area contributed by atoms with E-state index in [9.17, 15) is 4.39 Å². The Morgan fingerprint density at radius 1 is 1.36 bits per heavy atom. The van der Waals surface area contributed by atoms with Crippen LogP contribution in [-0.2, 0) is 5.54 Å². The average Bonchev–Trinajstić information content (AvgIpc) is 2.47. The van der Waals surface area contributed by atoms with E-state index in [1.807, 2.05) is 13.8 Å². The fourth-order valence-electron chi connectivity index (χ4n) is 1.52. The molecular weight excluding hydrogens is 181 g/mol. The minimum absolute atomic E-state index is 0.285. The van der Waals surface area contributed by atoms with Gasteiger partial charge in [0.15, 0.2) is 0 Å². The van der Waals surface area contributed by atoms with Crippen LogP contribution in [0.15, 0.2) is 28.9 Å². The Bertz CT molecular complexity index is 468. The summed E-state index contributed by atoms with van der Waals surface area (Å²) >= 11 is 0. The molecule has 1 heterocycles. The number of nitrogens with two attached hydrogens (primary N) is 1. The van der Waals surface area contributed by atoms with E-state index >= 15 is 0 Å². The lowest BCUT2D eigenvalue weighted by molar-refractivity contribution is 0.527. The Kier molecular flexibility index (Phi) is 1.86. The standard InChI is InChI=1S/C11H12FNO/c1-11(2,13)9-6-8(12)5-7-3-4-14-10(7)9/h3-6H,13H2,1-2H3. The molecule has 0 aliphatic rings. The Balaban J connectivity index is 2.80. The maximum absolute atomic E-state index is 13.2. The predicted molar refractivity (Wildman–Crippen MR) is 53.4 cm³/mol. The molecule has 14 heavy (non-hydrogen) atoms. The second-order valence-electron chi connectivity index (χ2n) is 4.01. The van der Waals surface area contributed by atoms with Gasteiger partial charge in [-0.15, -0.1) is 0 Å². The summed E-state index contributed by atoms with van der Waals surface area (Å²) in [7, 11) is 0. The van der Waals surface area contributed by atoms with Crippen LogP contribution in [-0.4, -0.2) is 0 Å². The van der Waals surface area contributed by atoms with Crippen molar-refractivity contribution in [3.05, 3.63) is 35.8 Å². The fourth-order valence-corrected chi connectivity index (χ4v) is 1.52. The van der Waals surface area contributed by atoms with Crippen molar-refractivity contribution >= 4 is 11.0 Å². The van der Waals surface area contributed by atoms with Crippen molar-refractivity contribution in [3.63, 3.8) is 0 Å². The zero-order chi connectivity index (χ0) is 10.3. The van der Waals surface area contributed by atoms with Crippen LogP contribution in [0.1, 0.15) is 19.4 Å². The minimum atomic E-state index is -0.599. The first kappa shape index (κ1) is 9.21. The molecule has 0 saturated heterocycles. The molecule has 3 heteroatoms. The van der Waals surface area contributed by atoms with Gasteiger partial charge in [-0.05, 0) is 32.0 Å². The summed E-state index contributed by atoms with van der Waals surface area (Å²) in [5.74, 6) is -0.285. The van der Waals surface area contributed by atoms with E-state index in [-0.39, 0.29) is 5.82 Å². The van der Waals surface area contributed by atoms with Crippen molar-refractivity contribution in [1.29, 1.82) is 0 Å². The van der Waals surface area contributed by atoms with Gasteiger partial charge in [0, 0.05) is 16.5 Å². The molecule has 1 aromatic carbocycles. The molecular formula is C11H12FNO. The van der Waals surface area contributed by atoms with Crippen LogP contribution in [0.25, 0.3) is 11.0 Å². The van der Waals surface area contributed by atoms with Crippen LogP contribution in [0.3, 0.4) is 0 Å². The smallest absolute Gasteiger partial charge is 0.139 e. The van der Waals surface area contributed by atoms with Crippen LogP contribution >= 0.6 is 0 Å². The first-order chi connectivity index (χ1) is 6.48. The van der Waals surface area contributed by atoms with Crippen LogP contribution in [0.2, 0.25) is 0 Å². The SMILES string of the molecule is CC(C)(N)c1cc(F)cc2ccoc12. The molecule has 0 aliphatic heterocycles. The molecule has 2 nitrogen and oxygen atoms in total. The molecule has 2 rings (SSSR count). The average molecular weight is 193 g/mol. The van der Waals surface area contributed by atoms with Gasteiger partial charge in [-0.25, -0.2) is 4.39 Å². The van der Waals surface area contributed by atoms with Gasteiger partial charge in [0.25, 0.3) is 0 Å². The minimum Gasteiger partial charge on any atom is -0.464 e. The van der Waals surface area contributed by atoms with Crippen molar-refractivity contribution < 1.29 is 8.81 Å². The highest BCUT2D eigenvalue weighted by molar-refractivity contribution is 5.81. The maximum atomic E-state index is 13.2. The van der Waals surface area contributed by atoms with Crippen LogP contribution in [0.4, 0.5) is 4.39 Å². The van der Waals surface area contributed by atoms with Crippen molar-refractivity contribution in [2.45, 2.75) is 19.4 Å². The highest BCUT2D eigenvalue weighted by atomic mass is 19.1. The van der Waals surface area contributed by atoms with Gasteiger partial charge in [-0.3, -0.25) is 0 Å². The molecule has 1 aromatic heterocycles. The number of halogens is 1. The Labute approximate surface area is 81.5 Å². The number of hydrogen-bond donors (Lipinski definition) is 1. The molecule has 2 aromatic rings. The van der Waals surface area contributed by atoms with Gasteiger partial charge in [0.05, 0.1) is 6.26 Å². The fraction of sp³-hybridized carbons (Fsp3) is 0.273. The zero-order valence-electron chi connectivity index (χ0n) is 8.17. The normalized spacial score (nSPS) is 12.3. The summed E-state index contributed by atoms with van der Waals surface area (Å²) in [6, 6.07) is 4.59. The number of furan rings is 1. The van der Waals surface area contributed by atoms with E-state index in [2.05, 4.69) is 0 Å². The number of hydrogen-bond acceptors (Lipinski definition) is 2. The first-order valence-corrected chi connectivity index (χ1v) is 4.44. The van der Waals surface area contributed by atoms with Gasteiger partial charge in [0.1, 0.15) is 11.4 Å². The van der Waals surface area contributed by atoms with Gasteiger partial charge >= 0.3 is 0 Å². The maximum Gasteiger partial charge on any atom is 0.139 e. The highest BCUT2D eigenvalue weighted by Gasteiger charge is 2.20. The Morgan fingerprint density at radius 3 is 2.71 bits per heavy atom. The van der Waals surface area contributed by atoms with Gasteiger partial charge in [-0.1, -0.05) is 0 Å². The molecule has 0 spiro atoms. The van der Waals surface area contributed by atoms with E-state index in [1.165, 1.54) is 12.1 Å². The summed E-state index contributed by atoms with van der Waals surface area (Å²) in [6.45, 7) is 3.65. The van der Waals surface area contributed by atoms with Crippen LogP contribution in [0, 0.1) is 5.82 Å². The molecule has 0 amide bonds. The Morgan fingerprint density at radius 2 is 2.07 bits per heavy atom. The predicted octanol–water partition coefficient (Wildman–Crippen LogP) is 2.77. The lowest BCUT2D eigenvalue weighted by Crippen LogP contribution is -2.28. The second-order valence-corrected chi connectivity index (χ2v) is 4.01. The van der Waals surface area contributed by atoms with Crippen molar-refractivity contribution in [3.8, 4) is 0 Å². The molecule has 0 atom stereocenters. The van der Waals surface area contributed by atoms with Gasteiger partial charge < -0.3 is 10.2 Å². The first-order valence-electron chi connectivity index (χ1n) is 4.44. The summed E-state index contributed by atoms with van der Waals surface area (Å²) in [5.41, 5.74) is 6.68. The lowest BCUT2D eigenvalue weighted by Gasteiger charge is -2.19. The molecule has 2 N–H and O–H groups in total. The van der Waals surface area contributed by atoms with E-state index < -0.39 is 5.54 Å². The van der Waals surface area contributed by atoms with Crippen molar-refractivity contribution in [2.24, 2.45) is 5.73 Å². The summed E-state index contributed by atoms with van der Waals surface area (Å²) in [5, 5.41) is 0.749. The number of rotatable bonds is 1. The molecule has 0 unspecified atom stereocenters.